The summed E-state index contributed by atoms with van der Waals surface area (Å²) in [6.45, 7) is 14.4. The van der Waals surface area contributed by atoms with Crippen molar-refractivity contribution in [3.8, 4) is 5.75 Å². The van der Waals surface area contributed by atoms with Crippen molar-refractivity contribution in [1.29, 1.82) is 0 Å². The first-order valence-electron chi connectivity index (χ1n) is 7.97. The molecule has 1 heterocycles. The molecule has 6 heteroatoms. The highest BCUT2D eigenvalue weighted by Gasteiger charge is 2.26. The van der Waals surface area contributed by atoms with Crippen LogP contribution in [0.2, 0.25) is 0 Å². The second-order valence-electron chi connectivity index (χ2n) is 8.10. The average molecular weight is 347 g/mol. The first-order chi connectivity index (χ1) is 10.9. The number of benzene rings is 1. The first kappa shape index (κ1) is 18.4. The molecule has 0 saturated heterocycles. The average Bonchev–Trinajstić information content (AvgIpc) is 2.74. The Labute approximate surface area is 148 Å². The van der Waals surface area contributed by atoms with Gasteiger partial charge in [0.2, 0.25) is 4.77 Å². The van der Waals surface area contributed by atoms with E-state index < -0.39 is 0 Å². The van der Waals surface area contributed by atoms with Crippen molar-refractivity contribution in [2.45, 2.75) is 59.3 Å². The Morgan fingerprint density at radius 3 is 2.00 bits per heavy atom. The molecule has 0 fully saturated rings. The van der Waals surface area contributed by atoms with E-state index in [1.165, 1.54) is 0 Å². The van der Waals surface area contributed by atoms with Crippen LogP contribution in [0, 0.1) is 11.7 Å². The highest BCUT2D eigenvalue weighted by Crippen LogP contribution is 2.39. The van der Waals surface area contributed by atoms with Crippen LogP contribution in [0.3, 0.4) is 0 Å². The van der Waals surface area contributed by atoms with Crippen molar-refractivity contribution in [3.05, 3.63) is 39.4 Å². The zero-order valence-corrected chi connectivity index (χ0v) is 16.2. The molecule has 0 bridgehead atoms. The molecule has 0 saturated carbocycles. The van der Waals surface area contributed by atoms with Crippen LogP contribution in [0.25, 0.3) is 0 Å². The van der Waals surface area contributed by atoms with Gasteiger partial charge in [-0.25, -0.2) is 0 Å². The Bertz CT molecular complexity index is 797. The predicted octanol–water partition coefficient (Wildman–Crippen LogP) is 4.43. The third kappa shape index (κ3) is 3.75. The van der Waals surface area contributed by atoms with Crippen LogP contribution in [0.4, 0.5) is 0 Å². The fourth-order valence-electron chi connectivity index (χ4n) is 2.51. The SMILES string of the molecule is Cc1n[nH]c(=S)n1/N=C\c1cc(C(C)(C)C)c(O)c(C(C)(C)C)c1. The Hall–Kier alpha value is -1.95. The highest BCUT2D eigenvalue weighted by molar-refractivity contribution is 7.71. The van der Waals surface area contributed by atoms with E-state index in [4.69, 9.17) is 12.2 Å². The van der Waals surface area contributed by atoms with E-state index in [2.05, 4.69) is 56.8 Å². The topological polar surface area (TPSA) is 66.2 Å². The number of phenols is 1. The first-order valence-corrected chi connectivity index (χ1v) is 8.38. The molecule has 0 unspecified atom stereocenters. The summed E-state index contributed by atoms with van der Waals surface area (Å²) in [5.74, 6) is 1.06. The van der Waals surface area contributed by atoms with Crippen LogP contribution in [-0.2, 0) is 10.8 Å². The zero-order valence-electron chi connectivity index (χ0n) is 15.4. The van der Waals surface area contributed by atoms with Crippen LogP contribution in [-0.4, -0.2) is 26.2 Å². The van der Waals surface area contributed by atoms with E-state index in [9.17, 15) is 5.11 Å². The van der Waals surface area contributed by atoms with Gasteiger partial charge in [-0.3, -0.25) is 5.10 Å². The van der Waals surface area contributed by atoms with Gasteiger partial charge >= 0.3 is 0 Å². The van der Waals surface area contributed by atoms with Crippen molar-refractivity contribution in [3.63, 3.8) is 0 Å². The summed E-state index contributed by atoms with van der Waals surface area (Å²) in [6.07, 6.45) is 1.75. The van der Waals surface area contributed by atoms with Gasteiger partial charge < -0.3 is 5.11 Å². The molecule has 130 valence electrons. The van der Waals surface area contributed by atoms with Gasteiger partial charge in [-0.15, -0.1) is 0 Å². The number of phenolic OH excluding ortho intramolecular Hbond substituents is 1. The van der Waals surface area contributed by atoms with Gasteiger partial charge in [0.25, 0.3) is 0 Å². The molecule has 0 amide bonds. The van der Waals surface area contributed by atoms with Gasteiger partial charge in [0.05, 0.1) is 6.21 Å². The Morgan fingerprint density at radius 1 is 1.12 bits per heavy atom. The molecule has 0 radical (unpaired) electrons. The minimum atomic E-state index is -0.171. The van der Waals surface area contributed by atoms with E-state index in [0.29, 0.717) is 16.3 Å². The molecule has 0 aliphatic carbocycles. The van der Waals surface area contributed by atoms with Gasteiger partial charge in [0.15, 0.2) is 0 Å². The van der Waals surface area contributed by atoms with E-state index in [1.54, 1.807) is 10.9 Å². The lowest BCUT2D eigenvalue weighted by Crippen LogP contribution is -2.18. The van der Waals surface area contributed by atoms with Gasteiger partial charge in [0, 0.05) is 11.1 Å². The summed E-state index contributed by atoms with van der Waals surface area (Å²) < 4.78 is 2.03. The number of aromatic amines is 1. The Kier molecular flexibility index (Phi) is 4.72. The maximum Gasteiger partial charge on any atom is 0.216 e. The number of nitrogens with one attached hydrogen (secondary N) is 1. The standard InChI is InChI=1S/C18H26N4OS/c1-11-20-21-16(24)22(11)19-10-12-8-13(17(2,3)4)15(23)14(9-12)18(5,6)7/h8-10,23H,1-7H3,(H,21,24)/b19-10-. The summed E-state index contributed by atoms with van der Waals surface area (Å²) in [6, 6.07) is 3.96. The zero-order chi connectivity index (χ0) is 18.3. The van der Waals surface area contributed by atoms with E-state index in [-0.39, 0.29) is 10.8 Å². The van der Waals surface area contributed by atoms with Crippen molar-refractivity contribution < 1.29 is 5.11 Å². The summed E-state index contributed by atoms with van der Waals surface area (Å²) in [4.78, 5) is 0. The summed E-state index contributed by atoms with van der Waals surface area (Å²) in [5.41, 5.74) is 2.39. The van der Waals surface area contributed by atoms with Gasteiger partial charge in [-0.1, -0.05) is 41.5 Å². The fraction of sp³-hybridized carbons (Fsp3) is 0.500. The van der Waals surface area contributed by atoms with Gasteiger partial charge in [-0.05, 0) is 47.7 Å². The third-order valence-corrected chi connectivity index (χ3v) is 4.15. The molecule has 0 atom stereocenters. The van der Waals surface area contributed by atoms with Crippen LogP contribution in [0.15, 0.2) is 17.2 Å². The van der Waals surface area contributed by atoms with Crippen molar-refractivity contribution in [2.24, 2.45) is 5.10 Å². The highest BCUT2D eigenvalue weighted by atomic mass is 32.1. The lowest BCUT2D eigenvalue weighted by atomic mass is 9.78. The molecular formula is C18H26N4OS. The Morgan fingerprint density at radius 2 is 1.62 bits per heavy atom. The maximum atomic E-state index is 10.7. The van der Waals surface area contributed by atoms with E-state index >= 15 is 0 Å². The van der Waals surface area contributed by atoms with E-state index in [1.807, 2.05) is 19.1 Å². The molecular weight excluding hydrogens is 320 g/mol. The predicted molar refractivity (Wildman–Crippen MR) is 101 cm³/mol. The number of hydrogen-bond donors (Lipinski definition) is 2. The smallest absolute Gasteiger partial charge is 0.216 e. The van der Waals surface area contributed by atoms with Gasteiger partial charge in [0.1, 0.15) is 11.6 Å². The fourth-order valence-corrected chi connectivity index (χ4v) is 2.73. The summed E-state index contributed by atoms with van der Waals surface area (Å²) >= 11 is 5.17. The summed E-state index contributed by atoms with van der Waals surface area (Å²) in [7, 11) is 0. The van der Waals surface area contributed by atoms with E-state index in [0.717, 1.165) is 16.7 Å². The minimum absolute atomic E-state index is 0.171. The number of H-pyrrole nitrogens is 1. The quantitative estimate of drug-likeness (QED) is 0.624. The monoisotopic (exact) mass is 346 g/mol. The molecule has 0 aliphatic rings. The molecule has 24 heavy (non-hydrogen) atoms. The van der Waals surface area contributed by atoms with Gasteiger partial charge in [-0.2, -0.15) is 14.9 Å². The molecule has 0 spiro atoms. The molecule has 2 N–H and O–H groups in total. The number of hydrogen-bond acceptors (Lipinski definition) is 4. The number of rotatable bonds is 2. The number of aromatic nitrogens is 3. The van der Waals surface area contributed by atoms with Crippen LogP contribution >= 0.6 is 12.2 Å². The van der Waals surface area contributed by atoms with Crippen molar-refractivity contribution >= 4 is 18.4 Å². The number of aromatic hydroxyl groups is 1. The normalized spacial score (nSPS) is 13.0. The summed E-state index contributed by atoms with van der Waals surface area (Å²) in [5, 5.41) is 21.9. The lowest BCUT2D eigenvalue weighted by molar-refractivity contribution is 0.423. The van der Waals surface area contributed by atoms with Crippen LogP contribution in [0.5, 0.6) is 5.75 Å². The van der Waals surface area contributed by atoms with Crippen LogP contribution < -0.4 is 0 Å². The van der Waals surface area contributed by atoms with Crippen molar-refractivity contribution in [2.75, 3.05) is 0 Å². The number of aryl methyl sites for hydroxylation is 1. The lowest BCUT2D eigenvalue weighted by Gasteiger charge is -2.27. The Balaban J connectivity index is 2.61. The largest absolute Gasteiger partial charge is 0.507 e. The molecule has 5 nitrogen and oxygen atoms in total. The maximum absolute atomic E-state index is 10.7. The minimum Gasteiger partial charge on any atom is -0.507 e. The molecule has 1 aromatic carbocycles. The van der Waals surface area contributed by atoms with Crippen LogP contribution in [0.1, 0.15) is 64.1 Å². The van der Waals surface area contributed by atoms with Crippen molar-refractivity contribution in [1.82, 2.24) is 14.9 Å². The second-order valence-corrected chi connectivity index (χ2v) is 8.48. The second kappa shape index (κ2) is 6.16. The molecule has 2 rings (SSSR count). The number of nitrogens with zero attached hydrogens (tertiary/aromatic N) is 3. The molecule has 1 aromatic heterocycles. The molecule has 2 aromatic rings. The third-order valence-electron chi connectivity index (χ3n) is 3.88. The molecule has 0 aliphatic heterocycles.